The fraction of sp³-hybridized carbons (Fsp3) is 0.300. The van der Waals surface area contributed by atoms with Gasteiger partial charge in [-0.2, -0.15) is 10.4 Å². The van der Waals surface area contributed by atoms with Crippen molar-refractivity contribution in [2.75, 3.05) is 0 Å². The number of amides is 1. The molecule has 0 spiro atoms. The number of primary amides is 1. The van der Waals surface area contributed by atoms with Crippen LogP contribution >= 0.6 is 0 Å². The topological polar surface area (TPSA) is 84.7 Å². The van der Waals surface area contributed by atoms with Gasteiger partial charge in [-0.05, 0) is 19.9 Å². The van der Waals surface area contributed by atoms with Crippen LogP contribution in [-0.2, 0) is 11.3 Å². The van der Waals surface area contributed by atoms with Crippen LogP contribution in [0.1, 0.15) is 18.2 Å². The van der Waals surface area contributed by atoms with Gasteiger partial charge in [-0.1, -0.05) is 0 Å². The number of hydrogen-bond acceptors (Lipinski definition) is 3. The number of aryl methyl sites for hydroxylation is 1. The highest BCUT2D eigenvalue weighted by atomic mass is 16.1. The molecular weight excluding hydrogens is 192 g/mol. The first-order chi connectivity index (χ1) is 7.10. The second-order valence-electron chi connectivity index (χ2n) is 3.04. The maximum atomic E-state index is 10.8. The largest absolute Gasteiger partial charge is 0.365 e. The monoisotopic (exact) mass is 204 g/mol. The summed E-state index contributed by atoms with van der Waals surface area (Å²) in [5.41, 5.74) is 6.62. The Labute approximate surface area is 87.8 Å². The van der Waals surface area contributed by atoms with Crippen molar-refractivity contribution in [1.82, 2.24) is 9.78 Å². The summed E-state index contributed by atoms with van der Waals surface area (Å²) in [7, 11) is 0. The van der Waals surface area contributed by atoms with Crippen LogP contribution in [0.25, 0.3) is 6.08 Å². The molecule has 2 N–H and O–H groups in total. The van der Waals surface area contributed by atoms with Gasteiger partial charge in [-0.25, -0.2) is 0 Å². The lowest BCUT2D eigenvalue weighted by Gasteiger charge is -1.98. The zero-order chi connectivity index (χ0) is 11.4. The number of carbonyl (C=O) groups is 1. The molecule has 0 aliphatic carbocycles. The summed E-state index contributed by atoms with van der Waals surface area (Å²) >= 11 is 0. The van der Waals surface area contributed by atoms with E-state index in [4.69, 9.17) is 11.0 Å². The number of rotatable bonds is 3. The summed E-state index contributed by atoms with van der Waals surface area (Å²) in [6.45, 7) is 4.59. The molecule has 0 bridgehead atoms. The molecule has 0 aliphatic rings. The first kappa shape index (κ1) is 11.0. The number of nitrogens with zero attached hydrogens (tertiary/aromatic N) is 3. The Morgan fingerprint density at radius 1 is 1.80 bits per heavy atom. The van der Waals surface area contributed by atoms with Crippen LogP contribution < -0.4 is 5.73 Å². The second-order valence-corrected chi connectivity index (χ2v) is 3.04. The summed E-state index contributed by atoms with van der Waals surface area (Å²) in [5.74, 6) is -0.721. The molecule has 0 fully saturated rings. The molecule has 5 nitrogen and oxygen atoms in total. The van der Waals surface area contributed by atoms with Gasteiger partial charge in [0.05, 0.1) is 6.20 Å². The van der Waals surface area contributed by atoms with Crippen molar-refractivity contribution >= 4 is 12.0 Å². The van der Waals surface area contributed by atoms with Gasteiger partial charge in [0.25, 0.3) is 5.91 Å². The summed E-state index contributed by atoms with van der Waals surface area (Å²) in [4.78, 5) is 10.8. The molecule has 1 aromatic rings. The minimum atomic E-state index is -0.721. The number of nitriles is 1. The average molecular weight is 204 g/mol. The Morgan fingerprint density at radius 3 is 2.87 bits per heavy atom. The quantitative estimate of drug-likeness (QED) is 0.578. The predicted octanol–water partition coefficient (Wildman–Crippen LogP) is 0.604. The van der Waals surface area contributed by atoms with Gasteiger partial charge in [0.1, 0.15) is 11.6 Å². The van der Waals surface area contributed by atoms with Crippen molar-refractivity contribution in [1.29, 1.82) is 5.26 Å². The van der Waals surface area contributed by atoms with Gasteiger partial charge in [0.2, 0.25) is 0 Å². The summed E-state index contributed by atoms with van der Waals surface area (Å²) < 4.78 is 1.78. The third-order valence-electron chi connectivity index (χ3n) is 2.13. The van der Waals surface area contributed by atoms with Gasteiger partial charge in [-0.3, -0.25) is 9.48 Å². The Balaban J connectivity index is 3.13. The molecule has 0 radical (unpaired) electrons. The fourth-order valence-corrected chi connectivity index (χ4v) is 1.24. The normalized spacial score (nSPS) is 11.1. The van der Waals surface area contributed by atoms with E-state index in [0.29, 0.717) is 0 Å². The van der Waals surface area contributed by atoms with E-state index in [0.717, 1.165) is 17.8 Å². The molecule has 1 heterocycles. The van der Waals surface area contributed by atoms with Crippen LogP contribution in [-0.4, -0.2) is 15.7 Å². The van der Waals surface area contributed by atoms with E-state index < -0.39 is 5.91 Å². The maximum Gasteiger partial charge on any atom is 0.259 e. The van der Waals surface area contributed by atoms with Crippen molar-refractivity contribution in [3.05, 3.63) is 23.0 Å². The van der Waals surface area contributed by atoms with Crippen LogP contribution in [0.15, 0.2) is 11.8 Å². The van der Waals surface area contributed by atoms with Gasteiger partial charge >= 0.3 is 0 Å². The minimum absolute atomic E-state index is 0.0613. The molecule has 1 rings (SSSR count). The van der Waals surface area contributed by atoms with Crippen LogP contribution in [0.3, 0.4) is 0 Å². The Hall–Kier alpha value is -2.09. The molecule has 0 saturated carbocycles. The molecule has 78 valence electrons. The Bertz CT molecular complexity index is 450. The number of aromatic nitrogens is 2. The molecule has 0 aromatic carbocycles. The van der Waals surface area contributed by atoms with Crippen LogP contribution in [0.5, 0.6) is 0 Å². The van der Waals surface area contributed by atoms with Gasteiger partial charge in [0.15, 0.2) is 0 Å². The van der Waals surface area contributed by atoms with Crippen molar-refractivity contribution in [2.45, 2.75) is 20.4 Å². The molecule has 0 aliphatic heterocycles. The third-order valence-corrected chi connectivity index (χ3v) is 2.13. The molecule has 0 atom stereocenters. The summed E-state index contributed by atoms with van der Waals surface area (Å²) in [6, 6.07) is 1.75. The maximum absolute atomic E-state index is 10.8. The fourth-order valence-electron chi connectivity index (χ4n) is 1.24. The molecule has 1 aromatic heterocycles. The molecule has 0 saturated heterocycles. The van der Waals surface area contributed by atoms with Gasteiger partial charge in [-0.15, -0.1) is 0 Å². The highest BCUT2D eigenvalue weighted by Crippen LogP contribution is 2.11. The van der Waals surface area contributed by atoms with Crippen LogP contribution in [0.4, 0.5) is 0 Å². The zero-order valence-electron chi connectivity index (χ0n) is 8.69. The Kier molecular flexibility index (Phi) is 3.24. The van der Waals surface area contributed by atoms with Crippen molar-refractivity contribution in [3.63, 3.8) is 0 Å². The minimum Gasteiger partial charge on any atom is -0.365 e. The average Bonchev–Trinajstić information content (AvgIpc) is 2.55. The first-order valence-electron chi connectivity index (χ1n) is 4.54. The lowest BCUT2D eigenvalue weighted by atomic mass is 10.1. The lowest BCUT2D eigenvalue weighted by Crippen LogP contribution is -2.12. The van der Waals surface area contributed by atoms with Crippen molar-refractivity contribution < 1.29 is 4.79 Å². The van der Waals surface area contributed by atoms with E-state index in [-0.39, 0.29) is 5.57 Å². The highest BCUT2D eigenvalue weighted by molar-refractivity contribution is 6.00. The number of carbonyl (C=O) groups excluding carboxylic acids is 1. The van der Waals surface area contributed by atoms with Crippen LogP contribution in [0, 0.1) is 18.3 Å². The first-order valence-corrected chi connectivity index (χ1v) is 4.54. The smallest absolute Gasteiger partial charge is 0.259 e. The second kappa shape index (κ2) is 4.42. The summed E-state index contributed by atoms with van der Waals surface area (Å²) in [6.07, 6.45) is 3.07. The molecule has 5 heteroatoms. The third kappa shape index (κ3) is 2.23. The molecule has 0 unspecified atom stereocenters. The van der Waals surface area contributed by atoms with E-state index in [1.807, 2.05) is 13.8 Å². The van der Waals surface area contributed by atoms with Crippen molar-refractivity contribution in [3.8, 4) is 6.07 Å². The van der Waals surface area contributed by atoms with E-state index in [1.165, 1.54) is 6.08 Å². The van der Waals surface area contributed by atoms with E-state index in [2.05, 4.69) is 5.10 Å². The van der Waals surface area contributed by atoms with Gasteiger partial charge in [0, 0.05) is 17.8 Å². The van der Waals surface area contributed by atoms with Crippen molar-refractivity contribution in [2.24, 2.45) is 5.73 Å². The van der Waals surface area contributed by atoms with E-state index in [1.54, 1.807) is 16.9 Å². The molecule has 1 amide bonds. The molecule has 15 heavy (non-hydrogen) atoms. The summed E-state index contributed by atoms with van der Waals surface area (Å²) in [5, 5.41) is 12.8. The molecular formula is C10H12N4O. The standard InChI is InChI=1S/C10H12N4O/c1-3-14-7(2)9(6-13-14)4-8(5-11)10(12)15/h4,6H,3H2,1-2H3,(H2,12,15)/b8-4+. The number of nitrogens with two attached hydrogens (primary N) is 1. The Morgan fingerprint density at radius 2 is 2.47 bits per heavy atom. The van der Waals surface area contributed by atoms with Crippen LogP contribution in [0.2, 0.25) is 0 Å². The van der Waals surface area contributed by atoms with Gasteiger partial charge < -0.3 is 5.73 Å². The predicted molar refractivity (Wildman–Crippen MR) is 55.4 cm³/mol. The zero-order valence-corrected chi connectivity index (χ0v) is 8.69. The van der Waals surface area contributed by atoms with E-state index in [9.17, 15) is 4.79 Å². The lowest BCUT2D eigenvalue weighted by molar-refractivity contribution is -0.114. The SMILES string of the molecule is CCn1ncc(/C=C(\C#N)C(N)=O)c1C. The van der Waals surface area contributed by atoms with E-state index >= 15 is 0 Å². The number of hydrogen-bond donors (Lipinski definition) is 1. The highest BCUT2D eigenvalue weighted by Gasteiger charge is 2.07.